The van der Waals surface area contributed by atoms with E-state index < -0.39 is 12.0 Å². The molecule has 5 N–H and O–H groups in total. The molecule has 0 aliphatic heterocycles. The van der Waals surface area contributed by atoms with Crippen LogP contribution in [0.2, 0.25) is 0 Å². The van der Waals surface area contributed by atoms with Gasteiger partial charge in [0.2, 0.25) is 5.91 Å². The molecule has 1 unspecified atom stereocenters. The van der Waals surface area contributed by atoms with Gasteiger partial charge < -0.3 is 21.5 Å². The molecule has 0 saturated heterocycles. The summed E-state index contributed by atoms with van der Waals surface area (Å²) in [5.74, 6) is -0.235. The molecule has 1 aliphatic rings. The lowest BCUT2D eigenvalue weighted by atomic mass is 9.95. The Morgan fingerprint density at radius 2 is 1.83 bits per heavy atom. The first kappa shape index (κ1) is 26.6. The molecule has 3 heterocycles. The van der Waals surface area contributed by atoms with Crippen LogP contribution in [0, 0.1) is 11.3 Å². The summed E-state index contributed by atoms with van der Waals surface area (Å²) in [6.45, 7) is 5.37. The number of amides is 2. The van der Waals surface area contributed by atoms with Crippen LogP contribution in [-0.4, -0.2) is 54.9 Å². The van der Waals surface area contributed by atoms with Crippen molar-refractivity contribution in [2.75, 3.05) is 5.32 Å². The van der Waals surface area contributed by atoms with Crippen LogP contribution in [0.15, 0.2) is 30.7 Å². The van der Waals surface area contributed by atoms with E-state index in [1.165, 1.54) is 19.5 Å². The summed E-state index contributed by atoms with van der Waals surface area (Å²) in [6, 6.07) is 6.02. The van der Waals surface area contributed by atoms with Gasteiger partial charge in [-0.1, -0.05) is 19.3 Å². The number of primary amides is 1. The fraction of sp³-hybridized carbons (Fsp3) is 0.440. The van der Waals surface area contributed by atoms with E-state index in [2.05, 4.69) is 37.5 Å². The van der Waals surface area contributed by atoms with Gasteiger partial charge in [-0.05, 0) is 39.7 Å². The van der Waals surface area contributed by atoms with Gasteiger partial charge in [0.15, 0.2) is 11.5 Å². The van der Waals surface area contributed by atoms with Crippen molar-refractivity contribution < 1.29 is 14.7 Å². The maximum absolute atomic E-state index is 12.9. The van der Waals surface area contributed by atoms with Crippen LogP contribution in [0.4, 0.5) is 5.69 Å². The summed E-state index contributed by atoms with van der Waals surface area (Å²) in [5.41, 5.74) is 6.86. The van der Waals surface area contributed by atoms with Gasteiger partial charge in [0, 0.05) is 35.9 Å². The molecule has 0 aromatic carbocycles. The number of anilines is 1. The van der Waals surface area contributed by atoms with E-state index >= 15 is 0 Å². The predicted molar refractivity (Wildman–Crippen MR) is 135 cm³/mol. The van der Waals surface area contributed by atoms with Gasteiger partial charge >= 0.3 is 0 Å². The lowest BCUT2D eigenvalue weighted by molar-refractivity contribution is -0.125. The van der Waals surface area contributed by atoms with E-state index in [0.717, 1.165) is 31.1 Å². The molecular weight excluding hydrogens is 460 g/mol. The molecule has 11 nitrogen and oxygen atoms in total. The quantitative estimate of drug-likeness (QED) is 0.406. The minimum absolute atomic E-state index is 0.105. The summed E-state index contributed by atoms with van der Waals surface area (Å²) >= 11 is 0. The van der Waals surface area contributed by atoms with Crippen molar-refractivity contribution in [1.82, 2.24) is 25.1 Å². The Labute approximate surface area is 209 Å². The second kappa shape index (κ2) is 12.1. The number of carbonyl (C=O) groups excluding carboxylic acids is 2. The van der Waals surface area contributed by atoms with Crippen molar-refractivity contribution in [2.24, 2.45) is 5.73 Å². The predicted octanol–water partition coefficient (Wildman–Crippen LogP) is 2.42. The zero-order valence-corrected chi connectivity index (χ0v) is 20.7. The van der Waals surface area contributed by atoms with Gasteiger partial charge in [0.1, 0.15) is 12.2 Å². The van der Waals surface area contributed by atoms with Crippen molar-refractivity contribution in [3.8, 4) is 11.9 Å². The molecule has 0 bridgehead atoms. The third-order valence-corrected chi connectivity index (χ3v) is 5.68. The second-order valence-corrected chi connectivity index (χ2v) is 9.08. The summed E-state index contributed by atoms with van der Waals surface area (Å²) in [7, 11) is 0. The van der Waals surface area contributed by atoms with E-state index in [1.54, 1.807) is 23.1 Å². The number of rotatable bonds is 6. The number of carbonyl (C=O) groups is 2. The minimum atomic E-state index is -1.01. The lowest BCUT2D eigenvalue weighted by Gasteiger charge is -2.23. The number of aromatic nitrogens is 4. The van der Waals surface area contributed by atoms with Crippen molar-refractivity contribution in [3.63, 3.8) is 0 Å². The molecule has 1 aliphatic carbocycles. The highest BCUT2D eigenvalue weighted by Crippen LogP contribution is 2.23. The molecule has 3 aromatic rings. The van der Waals surface area contributed by atoms with Crippen LogP contribution in [-0.2, 0) is 4.79 Å². The number of nitrogens with one attached hydrogen (secondary N) is 2. The number of hydrogen-bond acceptors (Lipinski definition) is 8. The smallest absolute Gasteiger partial charge is 0.255 e. The van der Waals surface area contributed by atoms with Gasteiger partial charge in [-0.3, -0.25) is 9.59 Å². The number of fused-ring (bicyclic) bond motifs is 1. The highest BCUT2D eigenvalue weighted by Gasteiger charge is 2.20. The Morgan fingerprint density at radius 1 is 1.14 bits per heavy atom. The number of nitriles is 1. The maximum Gasteiger partial charge on any atom is 0.255 e. The Bertz CT molecular complexity index is 1260. The summed E-state index contributed by atoms with van der Waals surface area (Å²) in [4.78, 5) is 31.5. The number of aliphatic hydroxyl groups excluding tert-OH is 1. The van der Waals surface area contributed by atoms with Crippen LogP contribution in [0.3, 0.4) is 0 Å². The third kappa shape index (κ3) is 6.76. The highest BCUT2D eigenvalue weighted by atomic mass is 16.3. The average Bonchev–Trinajstić information content (AvgIpc) is 3.27. The molecule has 0 spiro atoms. The third-order valence-electron chi connectivity index (χ3n) is 5.68. The van der Waals surface area contributed by atoms with E-state index in [1.807, 2.05) is 19.9 Å². The van der Waals surface area contributed by atoms with E-state index in [0.29, 0.717) is 28.3 Å². The Kier molecular flexibility index (Phi) is 8.91. The summed E-state index contributed by atoms with van der Waals surface area (Å²) in [5, 5.41) is 28.9. The molecule has 36 heavy (non-hydrogen) atoms. The van der Waals surface area contributed by atoms with E-state index in [4.69, 9.17) is 10.4 Å². The van der Waals surface area contributed by atoms with Crippen LogP contribution < -0.4 is 16.4 Å². The van der Waals surface area contributed by atoms with Crippen LogP contribution in [0.1, 0.15) is 68.8 Å². The Hall–Kier alpha value is -4.04. The monoisotopic (exact) mass is 492 g/mol. The molecule has 190 valence electrons. The van der Waals surface area contributed by atoms with Crippen molar-refractivity contribution >= 4 is 28.5 Å². The van der Waals surface area contributed by atoms with Gasteiger partial charge in [0.05, 0.1) is 23.0 Å². The number of nitrogens with two attached hydrogens (primary N) is 1. The van der Waals surface area contributed by atoms with Crippen molar-refractivity contribution in [2.45, 2.75) is 71.1 Å². The molecule has 0 radical (unpaired) electrons. The highest BCUT2D eigenvalue weighted by molar-refractivity contribution is 5.99. The van der Waals surface area contributed by atoms with Crippen LogP contribution in [0.5, 0.6) is 0 Å². The zero-order valence-electron chi connectivity index (χ0n) is 20.7. The molecule has 1 atom stereocenters. The van der Waals surface area contributed by atoms with Gasteiger partial charge in [0.25, 0.3) is 5.91 Å². The zero-order chi connectivity index (χ0) is 26.2. The number of nitrogens with zero attached hydrogens (tertiary/aromatic N) is 5. The molecule has 3 aromatic heterocycles. The Morgan fingerprint density at radius 3 is 2.44 bits per heavy atom. The van der Waals surface area contributed by atoms with E-state index in [9.17, 15) is 9.59 Å². The largest absolute Gasteiger partial charge is 0.384 e. The molecule has 1 saturated carbocycles. The lowest BCUT2D eigenvalue weighted by Crippen LogP contribution is -2.36. The average molecular weight is 493 g/mol. The number of aliphatic hydroxyl groups is 1. The number of pyridine rings is 2. The molecule has 11 heteroatoms. The van der Waals surface area contributed by atoms with Gasteiger partial charge in [-0.15, -0.1) is 0 Å². The molecule has 4 rings (SSSR count). The first-order valence-corrected chi connectivity index (χ1v) is 12.0. The second-order valence-electron chi connectivity index (χ2n) is 9.08. The van der Waals surface area contributed by atoms with Crippen LogP contribution >= 0.6 is 0 Å². The van der Waals surface area contributed by atoms with E-state index in [-0.39, 0.29) is 18.0 Å². The first-order valence-electron chi connectivity index (χ1n) is 12.0. The standard InChI is InChI=1S/C22H25N7O.C3H7NO2/c1-14(2)27-19-9-20(29-21-16(12-26-29)8-15(10-23)11-25-21)24-13-18(19)22(30)28-17-6-4-3-5-7-17;1-2(5)3(4)6/h8-9,11-14,17H,3-7H2,1-2H3,(H,24,27)(H,28,30);2,5H,1H3,(H2,4,6). The SMILES string of the molecule is CC(C)Nc1cc(-n2ncc3cc(C#N)cnc32)ncc1C(=O)NC1CCCCC1.CC(O)C(N)=O. The first-order chi connectivity index (χ1) is 17.2. The Balaban J connectivity index is 0.000000538. The normalized spacial score (nSPS) is 14.4. The summed E-state index contributed by atoms with van der Waals surface area (Å²) in [6.07, 6.45) is 9.37. The molecular formula is C25H32N8O3. The topological polar surface area (TPSA) is 172 Å². The fourth-order valence-electron chi connectivity index (χ4n) is 3.83. The number of hydrogen-bond donors (Lipinski definition) is 4. The maximum atomic E-state index is 12.9. The fourth-order valence-corrected chi connectivity index (χ4v) is 3.83. The van der Waals surface area contributed by atoms with Crippen LogP contribution in [0.25, 0.3) is 16.9 Å². The summed E-state index contributed by atoms with van der Waals surface area (Å²) < 4.78 is 1.62. The van der Waals surface area contributed by atoms with Gasteiger partial charge in [-0.2, -0.15) is 15.0 Å². The molecule has 1 fully saturated rings. The molecule has 2 amide bonds. The van der Waals surface area contributed by atoms with Gasteiger partial charge in [-0.25, -0.2) is 9.97 Å². The minimum Gasteiger partial charge on any atom is -0.384 e. The van der Waals surface area contributed by atoms with Crippen molar-refractivity contribution in [3.05, 3.63) is 41.9 Å². The van der Waals surface area contributed by atoms with Crippen molar-refractivity contribution in [1.29, 1.82) is 5.26 Å².